The molecule has 4 aromatic rings. The van der Waals surface area contributed by atoms with Crippen LogP contribution in [0.4, 0.5) is 5.69 Å². The molecule has 2 aliphatic rings. The van der Waals surface area contributed by atoms with Crippen molar-refractivity contribution in [2.45, 2.75) is 44.6 Å². The number of H-pyrrole nitrogens is 1. The third-order valence-electron chi connectivity index (χ3n) is 9.47. The summed E-state index contributed by atoms with van der Waals surface area (Å²) < 4.78 is 4.92. The number of nitrogens with one attached hydrogen (secondary N) is 1. The second-order valence-electron chi connectivity index (χ2n) is 12.2. The number of aromatic amines is 1. The van der Waals surface area contributed by atoms with Crippen molar-refractivity contribution in [3.63, 3.8) is 0 Å². The van der Waals surface area contributed by atoms with Crippen LogP contribution in [0.2, 0.25) is 0 Å². The van der Waals surface area contributed by atoms with Gasteiger partial charge in [0, 0.05) is 35.1 Å². The number of benzene rings is 3. The number of nitrogens with zero attached hydrogens (tertiary/aromatic N) is 3. The predicted octanol–water partition coefficient (Wildman–Crippen LogP) is 5.08. The minimum Gasteiger partial charge on any atom is -0.494 e. The lowest BCUT2D eigenvalue weighted by Gasteiger charge is -2.48. The number of aromatic nitrogens is 1. The molecule has 0 saturated carbocycles. The van der Waals surface area contributed by atoms with E-state index in [1.807, 2.05) is 43.3 Å². The number of aromatic hydroxyl groups is 1. The van der Waals surface area contributed by atoms with Gasteiger partial charge in [-0.2, -0.15) is 0 Å². The number of piperidine rings is 2. The van der Waals surface area contributed by atoms with E-state index in [2.05, 4.69) is 9.88 Å². The second kappa shape index (κ2) is 12.8. The molecule has 0 unspecified atom stereocenters. The van der Waals surface area contributed by atoms with Crippen molar-refractivity contribution in [1.29, 1.82) is 0 Å². The topological polar surface area (TPSA) is 141 Å². The first-order valence-electron chi connectivity index (χ1n) is 15.7. The SMILES string of the molecule is COC(=O)c1cc2[nH]c(O)c(C(=Nc3ccc(C(=O)N4CCC(C(N)=O)(N5CCCCC5)CC4)cc3)c3ccccc3)c2cc1C. The summed E-state index contributed by atoms with van der Waals surface area (Å²) in [7, 11) is 1.33. The summed E-state index contributed by atoms with van der Waals surface area (Å²) in [5.74, 6) is -0.923. The molecule has 2 amide bonds. The first-order valence-corrected chi connectivity index (χ1v) is 15.7. The Hall–Kier alpha value is -4.96. The molecule has 3 heterocycles. The highest BCUT2D eigenvalue weighted by atomic mass is 16.5. The summed E-state index contributed by atoms with van der Waals surface area (Å²) in [6.07, 6.45) is 4.36. The van der Waals surface area contributed by atoms with E-state index < -0.39 is 11.5 Å². The molecule has 0 atom stereocenters. The first kappa shape index (κ1) is 31.0. The Morgan fingerprint density at radius 1 is 0.913 bits per heavy atom. The van der Waals surface area contributed by atoms with Crippen LogP contribution in [0.15, 0.2) is 71.7 Å². The molecule has 0 radical (unpaired) electrons. The lowest BCUT2D eigenvalue weighted by Crippen LogP contribution is -2.63. The highest BCUT2D eigenvalue weighted by molar-refractivity contribution is 6.22. The summed E-state index contributed by atoms with van der Waals surface area (Å²) in [5.41, 5.74) is 9.89. The Morgan fingerprint density at radius 3 is 2.22 bits per heavy atom. The van der Waals surface area contributed by atoms with Gasteiger partial charge in [0.15, 0.2) is 5.88 Å². The van der Waals surface area contributed by atoms with Gasteiger partial charge in [0.25, 0.3) is 5.91 Å². The standard InChI is InChI=1S/C36H39N5O5/c1-23-21-28-29(22-27(23)34(44)46-2)39-32(42)30(28)31(24-9-5-3-6-10-24)38-26-13-11-25(12-14-26)33(43)40-19-15-36(16-20-40,35(37)45)41-17-7-4-8-18-41/h3,5-6,9-14,21-22,39,42H,4,7-8,15-20H2,1-2H3,(H2,37,45). The number of carbonyl (C=O) groups is 3. The number of rotatable bonds is 7. The molecule has 2 saturated heterocycles. The quantitative estimate of drug-likeness (QED) is 0.194. The Balaban J connectivity index is 1.27. The number of hydrogen-bond acceptors (Lipinski definition) is 7. The zero-order chi connectivity index (χ0) is 32.4. The summed E-state index contributed by atoms with van der Waals surface area (Å²) in [4.78, 5) is 50.4. The number of hydrogen-bond donors (Lipinski definition) is 3. The van der Waals surface area contributed by atoms with Gasteiger partial charge in [-0.05, 0) is 87.7 Å². The number of carbonyl (C=O) groups excluding carboxylic acids is 3. The van der Waals surface area contributed by atoms with Gasteiger partial charge in [-0.15, -0.1) is 0 Å². The number of primary amides is 1. The number of nitrogens with two attached hydrogens (primary N) is 1. The van der Waals surface area contributed by atoms with E-state index in [1.54, 1.807) is 35.2 Å². The molecule has 1 aromatic heterocycles. The van der Waals surface area contributed by atoms with Gasteiger partial charge in [-0.1, -0.05) is 36.8 Å². The van der Waals surface area contributed by atoms with Crippen LogP contribution in [0.1, 0.15) is 69.5 Å². The molecule has 0 spiro atoms. The molecule has 0 aliphatic carbocycles. The number of ether oxygens (including phenoxy) is 1. The molecule has 4 N–H and O–H groups in total. The maximum atomic E-state index is 13.5. The third kappa shape index (κ3) is 5.76. The zero-order valence-electron chi connectivity index (χ0n) is 26.2. The van der Waals surface area contributed by atoms with Crippen molar-refractivity contribution < 1.29 is 24.2 Å². The molecular weight excluding hydrogens is 582 g/mol. The number of likely N-dealkylation sites (tertiary alicyclic amines) is 2. The largest absolute Gasteiger partial charge is 0.494 e. The van der Waals surface area contributed by atoms with Crippen molar-refractivity contribution in [3.05, 3.63) is 94.5 Å². The van der Waals surface area contributed by atoms with Gasteiger partial charge < -0.3 is 25.5 Å². The fraction of sp³-hybridized carbons (Fsp3) is 0.333. The van der Waals surface area contributed by atoms with Crippen LogP contribution < -0.4 is 5.73 Å². The Kier molecular flexibility index (Phi) is 8.64. The fourth-order valence-corrected chi connectivity index (χ4v) is 6.88. The predicted molar refractivity (Wildman–Crippen MR) is 177 cm³/mol. The monoisotopic (exact) mass is 621 g/mol. The Bertz CT molecular complexity index is 1800. The summed E-state index contributed by atoms with van der Waals surface area (Å²) in [6, 6.07) is 20.1. The average molecular weight is 622 g/mol. The molecule has 10 nitrogen and oxygen atoms in total. The van der Waals surface area contributed by atoms with Gasteiger partial charge >= 0.3 is 5.97 Å². The second-order valence-corrected chi connectivity index (χ2v) is 12.2. The van der Waals surface area contributed by atoms with E-state index in [9.17, 15) is 19.5 Å². The van der Waals surface area contributed by atoms with E-state index >= 15 is 0 Å². The van der Waals surface area contributed by atoms with E-state index in [0.717, 1.165) is 31.5 Å². The summed E-state index contributed by atoms with van der Waals surface area (Å²) >= 11 is 0. The number of fused-ring (bicyclic) bond motifs is 1. The average Bonchev–Trinajstić information content (AvgIpc) is 3.41. The highest BCUT2D eigenvalue weighted by Gasteiger charge is 2.45. The minimum absolute atomic E-state index is 0.0764. The third-order valence-corrected chi connectivity index (χ3v) is 9.47. The number of methoxy groups -OCH3 is 1. The lowest BCUT2D eigenvalue weighted by molar-refractivity contribution is -0.134. The summed E-state index contributed by atoms with van der Waals surface area (Å²) in [5, 5.41) is 11.8. The minimum atomic E-state index is -0.684. The van der Waals surface area contributed by atoms with Crippen LogP contribution in [0.3, 0.4) is 0 Å². The van der Waals surface area contributed by atoms with E-state index in [1.165, 1.54) is 13.5 Å². The maximum Gasteiger partial charge on any atom is 0.338 e. The van der Waals surface area contributed by atoms with Gasteiger partial charge in [-0.25, -0.2) is 9.79 Å². The first-order chi connectivity index (χ1) is 22.2. The van der Waals surface area contributed by atoms with Crippen LogP contribution in [-0.4, -0.2) is 82.2 Å². The Morgan fingerprint density at radius 2 is 1.59 bits per heavy atom. The van der Waals surface area contributed by atoms with Crippen molar-refractivity contribution in [1.82, 2.24) is 14.8 Å². The van der Waals surface area contributed by atoms with Crippen LogP contribution >= 0.6 is 0 Å². The normalized spacial score (nSPS) is 17.2. The zero-order valence-corrected chi connectivity index (χ0v) is 26.2. The van der Waals surface area contributed by atoms with Crippen LogP contribution in [-0.2, 0) is 9.53 Å². The Labute approximate surface area is 267 Å². The van der Waals surface area contributed by atoms with Crippen molar-refractivity contribution in [2.24, 2.45) is 10.7 Å². The van der Waals surface area contributed by atoms with Crippen molar-refractivity contribution >= 4 is 40.1 Å². The maximum absolute atomic E-state index is 13.5. The van der Waals surface area contributed by atoms with Crippen LogP contribution in [0, 0.1) is 6.92 Å². The van der Waals surface area contributed by atoms with E-state index in [-0.39, 0.29) is 17.7 Å². The molecule has 2 aliphatic heterocycles. The molecule has 6 rings (SSSR count). The molecular formula is C36H39N5O5. The van der Waals surface area contributed by atoms with Gasteiger partial charge in [0.2, 0.25) is 5.91 Å². The van der Waals surface area contributed by atoms with Crippen LogP contribution in [0.25, 0.3) is 10.9 Å². The lowest BCUT2D eigenvalue weighted by atomic mass is 9.83. The van der Waals surface area contributed by atoms with Crippen molar-refractivity contribution in [2.75, 3.05) is 33.3 Å². The van der Waals surface area contributed by atoms with Gasteiger partial charge in [-0.3, -0.25) is 14.5 Å². The summed E-state index contributed by atoms with van der Waals surface area (Å²) in [6.45, 7) is 4.49. The number of aryl methyl sites for hydroxylation is 1. The molecule has 46 heavy (non-hydrogen) atoms. The number of aliphatic imine (C=N–C) groups is 1. The molecule has 2 fully saturated rings. The fourth-order valence-electron chi connectivity index (χ4n) is 6.88. The van der Waals surface area contributed by atoms with E-state index in [0.29, 0.717) is 70.5 Å². The van der Waals surface area contributed by atoms with Crippen molar-refractivity contribution in [3.8, 4) is 5.88 Å². The van der Waals surface area contributed by atoms with Gasteiger partial charge in [0.05, 0.1) is 29.6 Å². The van der Waals surface area contributed by atoms with E-state index in [4.69, 9.17) is 15.5 Å². The molecule has 10 heteroatoms. The van der Waals surface area contributed by atoms with Gasteiger partial charge in [0.1, 0.15) is 5.54 Å². The van der Waals surface area contributed by atoms with Crippen LogP contribution in [0.5, 0.6) is 5.88 Å². The molecule has 238 valence electrons. The smallest absolute Gasteiger partial charge is 0.338 e. The molecule has 3 aromatic carbocycles. The molecule has 0 bridgehead atoms. The highest BCUT2D eigenvalue weighted by Crippen LogP contribution is 2.35. The number of amides is 2. The number of esters is 1.